The summed E-state index contributed by atoms with van der Waals surface area (Å²) >= 11 is 6.02. The van der Waals surface area contributed by atoms with Crippen molar-refractivity contribution in [2.24, 2.45) is 5.92 Å². The zero-order valence-corrected chi connectivity index (χ0v) is 24.7. The smallest absolute Gasteiger partial charge is 0.407 e. The van der Waals surface area contributed by atoms with Crippen LogP contribution in [0.25, 0.3) is 0 Å². The summed E-state index contributed by atoms with van der Waals surface area (Å²) in [5, 5.41) is 9.36. The van der Waals surface area contributed by atoms with E-state index >= 15 is 0 Å². The summed E-state index contributed by atoms with van der Waals surface area (Å²) in [6.45, 7) is 5.18. The molecule has 2 atom stereocenters. The molecule has 1 aliphatic heterocycles. The number of halogens is 2. The highest BCUT2D eigenvalue weighted by molar-refractivity contribution is 6.30. The number of carbonyl (C=O) groups excluding carboxylic acids is 1. The predicted molar refractivity (Wildman–Crippen MR) is 160 cm³/mol. The van der Waals surface area contributed by atoms with E-state index in [1.165, 1.54) is 36.7 Å². The van der Waals surface area contributed by atoms with Gasteiger partial charge in [0.2, 0.25) is 5.91 Å². The molecule has 3 aromatic rings. The van der Waals surface area contributed by atoms with Crippen molar-refractivity contribution in [2.75, 3.05) is 33.7 Å². The lowest BCUT2D eigenvalue weighted by Gasteiger charge is -2.47. The summed E-state index contributed by atoms with van der Waals surface area (Å²) < 4.78 is 12.5. The van der Waals surface area contributed by atoms with Gasteiger partial charge >= 0.3 is 6.09 Å². The first-order valence-electron chi connectivity index (χ1n) is 14.1. The van der Waals surface area contributed by atoms with Crippen molar-refractivity contribution in [1.82, 2.24) is 14.7 Å². The number of amides is 2. The molecule has 6 nitrogen and oxygen atoms in total. The van der Waals surface area contributed by atoms with Crippen molar-refractivity contribution in [3.8, 4) is 0 Å². The van der Waals surface area contributed by atoms with Crippen LogP contribution < -0.4 is 0 Å². The maximum atomic E-state index is 12.5. The Balaban J connectivity index is 0.000000251. The zero-order valence-electron chi connectivity index (χ0n) is 24.0. The first kappa shape index (κ1) is 30.5. The van der Waals surface area contributed by atoms with Crippen molar-refractivity contribution in [2.45, 2.75) is 44.2 Å². The minimum absolute atomic E-state index is 0.141. The lowest BCUT2D eigenvalue weighted by atomic mass is 9.79. The third-order valence-electron chi connectivity index (χ3n) is 8.48. The van der Waals surface area contributed by atoms with E-state index in [9.17, 15) is 14.0 Å². The normalized spacial score (nSPS) is 19.4. The van der Waals surface area contributed by atoms with Crippen molar-refractivity contribution in [1.29, 1.82) is 0 Å². The van der Waals surface area contributed by atoms with Crippen molar-refractivity contribution in [3.63, 3.8) is 0 Å². The van der Waals surface area contributed by atoms with Crippen LogP contribution in [0.5, 0.6) is 0 Å². The van der Waals surface area contributed by atoms with Gasteiger partial charge in [0.25, 0.3) is 0 Å². The molecule has 5 rings (SSSR count). The van der Waals surface area contributed by atoms with Gasteiger partial charge in [0.1, 0.15) is 5.82 Å². The number of carboxylic acid groups (broad SMARTS) is 1. The summed E-state index contributed by atoms with van der Waals surface area (Å²) in [7, 11) is 3.42. The first-order valence-corrected chi connectivity index (χ1v) is 14.4. The molecular formula is C33H39ClFN3O3. The maximum Gasteiger partial charge on any atom is 0.407 e. The van der Waals surface area contributed by atoms with Gasteiger partial charge in [-0.15, -0.1) is 0 Å². The van der Waals surface area contributed by atoms with Gasteiger partial charge in [-0.1, -0.05) is 66.2 Å². The van der Waals surface area contributed by atoms with Gasteiger partial charge in [0.15, 0.2) is 0 Å². The molecule has 218 valence electrons. The van der Waals surface area contributed by atoms with Crippen molar-refractivity contribution >= 4 is 23.6 Å². The average molecular weight is 580 g/mol. The third kappa shape index (κ3) is 7.86. The molecule has 0 spiro atoms. The van der Waals surface area contributed by atoms with Gasteiger partial charge < -0.3 is 19.8 Å². The minimum atomic E-state index is -0.996. The maximum absolute atomic E-state index is 12.5. The van der Waals surface area contributed by atoms with E-state index in [1.807, 2.05) is 30.1 Å². The van der Waals surface area contributed by atoms with Crippen LogP contribution in [0.3, 0.4) is 0 Å². The molecule has 3 aromatic carbocycles. The van der Waals surface area contributed by atoms with Crippen LogP contribution in [-0.4, -0.2) is 65.5 Å². The number of rotatable bonds is 7. The Kier molecular flexibility index (Phi) is 10.1. The van der Waals surface area contributed by atoms with Crippen molar-refractivity contribution in [3.05, 3.63) is 106 Å². The average Bonchev–Trinajstić information content (AvgIpc) is 3.74. The summed E-state index contributed by atoms with van der Waals surface area (Å²) in [5.74, 6) is 1.25. The molecule has 0 bridgehead atoms. The molecule has 1 heterocycles. The molecule has 41 heavy (non-hydrogen) atoms. The van der Waals surface area contributed by atoms with E-state index in [0.717, 1.165) is 53.9 Å². The van der Waals surface area contributed by atoms with E-state index in [2.05, 4.69) is 41.3 Å². The molecule has 1 saturated carbocycles. The van der Waals surface area contributed by atoms with E-state index in [4.69, 9.17) is 16.7 Å². The Bertz CT molecular complexity index is 1300. The monoisotopic (exact) mass is 579 g/mol. The number of hydrogen-bond donors (Lipinski definition) is 1. The number of carbonyl (C=O) groups is 2. The largest absolute Gasteiger partial charge is 0.465 e. The highest BCUT2D eigenvalue weighted by Gasteiger charge is 2.44. The number of nitrogens with zero attached hydrogens (tertiary/aromatic N) is 3. The lowest BCUT2D eigenvalue weighted by molar-refractivity contribution is -0.136. The van der Waals surface area contributed by atoms with Crippen LogP contribution >= 0.6 is 11.6 Å². The van der Waals surface area contributed by atoms with E-state index in [-0.39, 0.29) is 23.8 Å². The molecule has 8 heteroatoms. The molecule has 0 unspecified atom stereocenters. The predicted octanol–water partition coefficient (Wildman–Crippen LogP) is 6.85. The first-order chi connectivity index (χ1) is 19.6. The van der Waals surface area contributed by atoms with Crippen LogP contribution in [0.15, 0.2) is 78.9 Å². The Morgan fingerprint density at radius 3 is 2.15 bits per heavy atom. The van der Waals surface area contributed by atoms with Crippen LogP contribution in [0.1, 0.15) is 48.8 Å². The topological polar surface area (TPSA) is 64.1 Å². The van der Waals surface area contributed by atoms with Gasteiger partial charge in [0.05, 0.1) is 5.54 Å². The van der Waals surface area contributed by atoms with E-state index in [1.54, 1.807) is 19.1 Å². The molecular weight excluding hydrogens is 541 g/mol. The van der Waals surface area contributed by atoms with Crippen LogP contribution in [-0.2, 0) is 16.9 Å². The quantitative estimate of drug-likeness (QED) is 0.332. The Morgan fingerprint density at radius 1 is 0.976 bits per heavy atom. The molecule has 2 fully saturated rings. The van der Waals surface area contributed by atoms with Crippen molar-refractivity contribution < 1.29 is 19.1 Å². The van der Waals surface area contributed by atoms with E-state index < -0.39 is 6.09 Å². The Hall–Kier alpha value is -3.42. The van der Waals surface area contributed by atoms with Crippen LogP contribution in [0, 0.1) is 11.7 Å². The van der Waals surface area contributed by atoms with Crippen LogP contribution in [0.4, 0.5) is 9.18 Å². The summed E-state index contributed by atoms with van der Waals surface area (Å²) in [5.41, 5.74) is 3.27. The second kappa shape index (κ2) is 13.5. The molecule has 0 radical (unpaired) electrons. The summed E-state index contributed by atoms with van der Waals surface area (Å²) in [4.78, 5) is 28.3. The number of likely N-dealkylation sites (tertiary alicyclic amines) is 1. The molecule has 1 aliphatic carbocycles. The number of hydrogen-bond acceptors (Lipinski definition) is 3. The molecule has 0 aromatic heterocycles. The van der Waals surface area contributed by atoms with Crippen LogP contribution in [0.2, 0.25) is 5.02 Å². The number of benzene rings is 3. The molecule has 1 N–H and O–H groups in total. The third-order valence-corrected chi connectivity index (χ3v) is 8.73. The Morgan fingerprint density at radius 2 is 1.59 bits per heavy atom. The van der Waals surface area contributed by atoms with Gasteiger partial charge in [0, 0.05) is 52.2 Å². The molecule has 2 amide bonds. The van der Waals surface area contributed by atoms with Gasteiger partial charge in [-0.2, -0.15) is 0 Å². The summed E-state index contributed by atoms with van der Waals surface area (Å²) in [6.07, 6.45) is 2.26. The highest BCUT2D eigenvalue weighted by atomic mass is 35.5. The second-order valence-electron chi connectivity index (χ2n) is 11.2. The highest BCUT2D eigenvalue weighted by Crippen LogP contribution is 2.49. The van der Waals surface area contributed by atoms with Gasteiger partial charge in [-0.25, -0.2) is 9.18 Å². The second-order valence-corrected chi connectivity index (χ2v) is 11.6. The minimum Gasteiger partial charge on any atom is -0.465 e. The fourth-order valence-electron chi connectivity index (χ4n) is 5.80. The fourth-order valence-corrected chi connectivity index (χ4v) is 5.93. The van der Waals surface area contributed by atoms with Gasteiger partial charge in [-0.3, -0.25) is 4.79 Å². The standard InChI is InChI=1S/C24H29ClN2O.C9H10FNO2/c1-18(28)26(2)24(21-6-4-3-5-7-21)12-14-27(15-13-24)17-20-16-23(20)19-8-10-22(25)11-9-19;1-11(9(12)13)6-7-2-4-8(10)5-3-7/h3-11,20,23H,12-17H2,1-2H3;2-5H,6H2,1H3,(H,12,13)/t20-,23+;/m0./s1. The summed E-state index contributed by atoms with van der Waals surface area (Å²) in [6, 6.07) is 24.6. The zero-order chi connectivity index (χ0) is 29.6. The van der Waals surface area contributed by atoms with E-state index in [0.29, 0.717) is 5.92 Å². The Labute approximate surface area is 247 Å². The molecule has 1 saturated heterocycles. The number of piperidine rings is 1. The lowest BCUT2D eigenvalue weighted by Crippen LogP contribution is -2.53. The SMILES string of the molecule is CC(=O)N(C)C1(c2ccccc2)CCN(C[C@@H]2C[C@@H]2c2ccc(Cl)cc2)CC1.CN(Cc1ccc(F)cc1)C(=O)O. The van der Waals surface area contributed by atoms with Gasteiger partial charge in [-0.05, 0) is 72.1 Å². The molecule has 2 aliphatic rings. The fraction of sp³-hybridized carbons (Fsp3) is 0.394.